The number of carbonyl (C=O) groups excluding carboxylic acids is 4. The highest BCUT2D eigenvalue weighted by atomic mass is 32.2. The number of methoxy groups -OCH3 is 2. The van der Waals surface area contributed by atoms with Crippen LogP contribution in [-0.4, -0.2) is 132 Å². The molecule has 3 fully saturated rings. The van der Waals surface area contributed by atoms with Gasteiger partial charge in [0.05, 0.1) is 24.5 Å². The number of rotatable bonds is 8. The number of aromatic nitrogens is 1. The number of Topliss-reactive ketones (excluding diaryl/α,β-unsaturated/α-hetero) is 2. The zero-order chi connectivity index (χ0) is 53.1. The molecule has 2 bridgehead atoms. The zero-order valence-electron chi connectivity index (χ0n) is 44.2. The molecule has 1 amide bonds. The molecular formula is C54H83N3O14S. The highest BCUT2D eigenvalue weighted by Gasteiger charge is 2.53. The van der Waals surface area contributed by atoms with Gasteiger partial charge in [-0.15, -0.1) is 0 Å². The molecule has 0 radical (unpaired) electrons. The van der Waals surface area contributed by atoms with Crippen molar-refractivity contribution in [2.24, 2.45) is 35.5 Å². The second-order valence-corrected chi connectivity index (χ2v) is 23.1. The number of fused-ring (bicyclic) bond motifs is 3. The molecule has 1 aliphatic carbocycles. The maximum atomic E-state index is 14.5. The van der Waals surface area contributed by atoms with Crippen molar-refractivity contribution in [3.05, 3.63) is 59.6 Å². The predicted molar refractivity (Wildman–Crippen MR) is 269 cm³/mol. The van der Waals surface area contributed by atoms with Gasteiger partial charge in [-0.05, 0) is 133 Å². The largest absolute Gasteiger partial charge is 0.461 e. The molecule has 404 valence electrons. The summed E-state index contributed by atoms with van der Waals surface area (Å²) in [6.07, 6.45) is 13.5. The Hall–Kier alpha value is -3.88. The lowest BCUT2D eigenvalue weighted by atomic mass is 9.78. The molecule has 0 spiro atoms. The number of sulfonamides is 1. The van der Waals surface area contributed by atoms with Crippen LogP contribution in [0.15, 0.2) is 63.2 Å². The number of aryl methyl sites for hydroxylation is 1. The average molecular weight is 1030 g/mol. The Morgan fingerprint density at radius 2 is 1.61 bits per heavy atom. The second-order valence-electron chi connectivity index (χ2n) is 21.4. The molecule has 5 rings (SSSR count). The topological polar surface area (TPSA) is 241 Å². The summed E-state index contributed by atoms with van der Waals surface area (Å²) in [5.74, 6) is -7.03. The normalized spacial score (nSPS) is 37.8. The lowest BCUT2D eigenvalue weighted by molar-refractivity contribution is -0.264. The summed E-state index contributed by atoms with van der Waals surface area (Å²) in [4.78, 5) is 58.2. The van der Waals surface area contributed by atoms with Gasteiger partial charge < -0.3 is 43.7 Å². The van der Waals surface area contributed by atoms with Crippen LogP contribution in [0.4, 0.5) is 0 Å². The first-order valence-electron chi connectivity index (χ1n) is 26.1. The van der Waals surface area contributed by atoms with Crippen LogP contribution in [0.3, 0.4) is 0 Å². The monoisotopic (exact) mass is 1030 g/mol. The summed E-state index contributed by atoms with van der Waals surface area (Å²) in [6, 6.07) is -2.03. The number of nitrogens with one attached hydrogen (secondary N) is 1. The molecule has 3 aliphatic heterocycles. The third kappa shape index (κ3) is 15.1. The standard InChI is InChI=1S/C54H83N3O14S/c1-32-16-12-11-13-17-34(3)42(56-72(65,66)47-31-55-71-39(47)8)30-41-22-20-38(7)54(64,70-41)51(61)52(62)57-25-15-14-18-43(57)53(63)69-45(35(4)28-40-21-23-44(58)46(29-40)67-9)24-19-33(2)27-37(6)49(60)50(68-10)48(59)36(5)26-32/h11-13,16-17,27,31-33,35-36,38,40-46,49-50,56,58,60,64H,14-15,18-26,28-30H2,1-10H3/b13-11+,16-12+,34-17+,37-27+/t32-,33+,35-,36-,38-,40-,41+,42+,43+,44-,45+,46-,49-,50+,54-/m1/s1. The number of nitrogens with zero attached hydrogens (tertiary/aromatic N) is 2. The number of hydrogen-bond donors (Lipinski definition) is 4. The lowest BCUT2D eigenvalue weighted by Crippen LogP contribution is -2.61. The van der Waals surface area contributed by atoms with Crippen LogP contribution in [0.5, 0.6) is 0 Å². The number of cyclic esters (lactones) is 1. The minimum atomic E-state index is -4.20. The van der Waals surface area contributed by atoms with Gasteiger partial charge in [0.1, 0.15) is 29.2 Å². The number of aliphatic hydroxyl groups excluding tert-OH is 2. The number of allylic oxidation sites excluding steroid dienone is 6. The quantitative estimate of drug-likeness (QED) is 0.121. The Morgan fingerprint density at radius 1 is 0.875 bits per heavy atom. The SMILES string of the molecule is CO[C@@H]1C[C@@H](C[C@@H](C)[C@@H]2CC[C@H](C)/C=C(\C)[C@@H](O)[C@@H](OC)C(=O)[C@H](C)C[C@H](C)/C=C/C=C/C=C(\C)[C@@H](NS(=O)(=O)c3cnoc3C)C[C@@H]3CC[C@@H](C)[C@@](O)(O3)C(=O)C(=O)N3CCCC[C@H]3C(=O)O2)CC[C@H]1O. The lowest BCUT2D eigenvalue weighted by Gasteiger charge is -2.43. The van der Waals surface area contributed by atoms with Crippen LogP contribution in [-0.2, 0) is 48.1 Å². The van der Waals surface area contributed by atoms with Crippen molar-refractivity contribution in [3.63, 3.8) is 0 Å². The van der Waals surface area contributed by atoms with Crippen molar-refractivity contribution in [1.29, 1.82) is 0 Å². The fourth-order valence-corrected chi connectivity index (χ4v) is 12.4. The molecule has 1 aromatic heterocycles. The molecule has 4 N–H and O–H groups in total. The Morgan fingerprint density at radius 3 is 2.29 bits per heavy atom. The van der Waals surface area contributed by atoms with E-state index in [2.05, 4.69) is 9.88 Å². The van der Waals surface area contributed by atoms with E-state index in [0.29, 0.717) is 68.9 Å². The van der Waals surface area contributed by atoms with E-state index >= 15 is 0 Å². The summed E-state index contributed by atoms with van der Waals surface area (Å²) >= 11 is 0. The predicted octanol–water partition coefficient (Wildman–Crippen LogP) is 6.63. The van der Waals surface area contributed by atoms with Gasteiger partial charge in [-0.25, -0.2) is 17.9 Å². The summed E-state index contributed by atoms with van der Waals surface area (Å²) in [6.45, 7) is 14.5. The van der Waals surface area contributed by atoms with Gasteiger partial charge in [-0.2, -0.15) is 0 Å². The van der Waals surface area contributed by atoms with Crippen LogP contribution in [0.25, 0.3) is 0 Å². The highest BCUT2D eigenvalue weighted by molar-refractivity contribution is 7.89. The number of piperidine rings is 1. The molecule has 72 heavy (non-hydrogen) atoms. The molecule has 15 atom stereocenters. The summed E-state index contributed by atoms with van der Waals surface area (Å²) in [5, 5.41) is 37.9. The van der Waals surface area contributed by atoms with E-state index in [1.54, 1.807) is 46.1 Å². The van der Waals surface area contributed by atoms with Gasteiger partial charge in [0.2, 0.25) is 15.8 Å². The van der Waals surface area contributed by atoms with Gasteiger partial charge in [-0.1, -0.05) is 81.8 Å². The smallest absolute Gasteiger partial charge is 0.329 e. The zero-order valence-corrected chi connectivity index (χ0v) is 45.0. The molecular weight excluding hydrogens is 947 g/mol. The Labute approximate surface area is 427 Å². The second kappa shape index (κ2) is 26.6. The molecule has 1 aromatic rings. The summed E-state index contributed by atoms with van der Waals surface area (Å²) in [7, 11) is -1.20. The Kier molecular flexibility index (Phi) is 21.8. The maximum Gasteiger partial charge on any atom is 0.329 e. The van der Waals surface area contributed by atoms with Gasteiger partial charge in [0, 0.05) is 38.6 Å². The van der Waals surface area contributed by atoms with E-state index in [9.17, 15) is 42.9 Å². The van der Waals surface area contributed by atoms with Crippen LogP contribution < -0.4 is 4.72 Å². The van der Waals surface area contributed by atoms with Gasteiger partial charge >= 0.3 is 5.97 Å². The molecule has 4 aliphatic rings. The fourth-order valence-electron chi connectivity index (χ4n) is 11.0. The highest BCUT2D eigenvalue weighted by Crippen LogP contribution is 2.38. The van der Waals surface area contributed by atoms with Crippen molar-refractivity contribution in [2.75, 3.05) is 20.8 Å². The first-order chi connectivity index (χ1) is 34.0. The summed E-state index contributed by atoms with van der Waals surface area (Å²) in [5.41, 5.74) is 1.14. The molecule has 18 heteroatoms. The summed E-state index contributed by atoms with van der Waals surface area (Å²) < 4.78 is 59.2. The fraction of sp³-hybridized carbons (Fsp3) is 0.722. The van der Waals surface area contributed by atoms with E-state index in [4.69, 9.17) is 23.5 Å². The van der Waals surface area contributed by atoms with Crippen molar-refractivity contribution >= 4 is 33.5 Å². The van der Waals surface area contributed by atoms with Gasteiger partial charge in [0.25, 0.3) is 11.7 Å². The first-order valence-corrected chi connectivity index (χ1v) is 27.5. The Balaban J connectivity index is 1.50. The molecule has 0 aromatic carbocycles. The number of ether oxygens (including phenoxy) is 4. The first kappa shape index (κ1) is 59.0. The van der Waals surface area contributed by atoms with Crippen LogP contribution >= 0.6 is 0 Å². The van der Waals surface area contributed by atoms with Crippen LogP contribution in [0.2, 0.25) is 0 Å². The van der Waals surface area contributed by atoms with Gasteiger partial charge in [-0.3, -0.25) is 14.4 Å². The Bertz CT molecular complexity index is 2240. The van der Waals surface area contributed by atoms with E-state index in [-0.39, 0.29) is 72.0 Å². The average Bonchev–Trinajstić information content (AvgIpc) is 3.80. The van der Waals surface area contributed by atoms with Crippen molar-refractivity contribution < 1.29 is 66.4 Å². The van der Waals surface area contributed by atoms with E-state index in [1.807, 2.05) is 45.9 Å². The van der Waals surface area contributed by atoms with Crippen molar-refractivity contribution in [1.82, 2.24) is 14.8 Å². The van der Waals surface area contributed by atoms with Crippen LogP contribution in [0, 0.1) is 42.4 Å². The third-order valence-electron chi connectivity index (χ3n) is 15.6. The van der Waals surface area contributed by atoms with Crippen molar-refractivity contribution in [2.45, 2.75) is 198 Å². The number of ketones is 2. The number of carbonyl (C=O) groups is 4. The number of esters is 1. The minimum Gasteiger partial charge on any atom is -0.461 e. The van der Waals surface area contributed by atoms with Crippen molar-refractivity contribution in [3.8, 4) is 0 Å². The number of amides is 1. The molecule has 1 saturated carbocycles. The third-order valence-corrected chi connectivity index (χ3v) is 17.1. The van der Waals surface area contributed by atoms with E-state index < -0.39 is 87.9 Å². The van der Waals surface area contributed by atoms with E-state index in [1.165, 1.54) is 18.9 Å². The molecule has 0 unspecified atom stereocenters. The van der Waals surface area contributed by atoms with E-state index in [0.717, 1.165) is 12.6 Å². The molecule has 17 nitrogen and oxygen atoms in total. The molecule has 2 saturated heterocycles. The minimum absolute atomic E-state index is 0.0222. The van der Waals surface area contributed by atoms with Crippen LogP contribution in [0.1, 0.15) is 138 Å². The number of hydrogen-bond acceptors (Lipinski definition) is 15. The maximum absolute atomic E-state index is 14.5. The number of aliphatic hydroxyl groups is 3. The van der Waals surface area contributed by atoms with Gasteiger partial charge in [0.15, 0.2) is 11.5 Å². The molecule has 4 heterocycles.